The van der Waals surface area contributed by atoms with Crippen molar-refractivity contribution in [3.05, 3.63) is 17.2 Å². The van der Waals surface area contributed by atoms with E-state index in [1.165, 1.54) is 62.3 Å². The molecule has 0 aliphatic carbocycles. The Bertz CT molecular complexity index is 420. The van der Waals surface area contributed by atoms with Crippen molar-refractivity contribution in [3.63, 3.8) is 0 Å². The van der Waals surface area contributed by atoms with Crippen LogP contribution in [-0.4, -0.2) is 16.1 Å². The van der Waals surface area contributed by atoms with Crippen molar-refractivity contribution in [2.45, 2.75) is 85.2 Å². The van der Waals surface area contributed by atoms with E-state index in [0.29, 0.717) is 0 Å². The minimum Gasteiger partial charge on any atom is -0.332 e. The van der Waals surface area contributed by atoms with Crippen LogP contribution >= 0.6 is 0 Å². The monoisotopic (exact) mass is 291 g/mol. The normalized spacial score (nSPS) is 14.7. The number of aromatic nitrogens is 2. The number of nitrogens with zero attached hydrogens (tertiary/aromatic N) is 2. The SMILES string of the molecule is CCCc1nc2c(n1CCCCCCC(C)C)CCNC2. The molecule has 0 unspecified atom stereocenters. The number of fused-ring (bicyclic) bond motifs is 1. The first-order valence-corrected chi connectivity index (χ1v) is 9.00. The quantitative estimate of drug-likeness (QED) is 0.695. The van der Waals surface area contributed by atoms with E-state index in [1.807, 2.05) is 0 Å². The molecule has 0 bridgehead atoms. The summed E-state index contributed by atoms with van der Waals surface area (Å²) in [6.07, 6.45) is 10.3. The van der Waals surface area contributed by atoms with Gasteiger partial charge in [0.1, 0.15) is 5.82 Å². The van der Waals surface area contributed by atoms with Crippen LogP contribution in [0.2, 0.25) is 0 Å². The van der Waals surface area contributed by atoms with Gasteiger partial charge < -0.3 is 9.88 Å². The molecule has 0 atom stereocenters. The Kier molecular flexibility index (Phi) is 6.75. The highest BCUT2D eigenvalue weighted by Gasteiger charge is 2.18. The van der Waals surface area contributed by atoms with Crippen molar-refractivity contribution >= 4 is 0 Å². The predicted molar refractivity (Wildman–Crippen MR) is 89.6 cm³/mol. The molecule has 0 fully saturated rings. The van der Waals surface area contributed by atoms with Crippen LogP contribution in [0.1, 0.15) is 76.5 Å². The maximum Gasteiger partial charge on any atom is 0.109 e. The van der Waals surface area contributed by atoms with Crippen LogP contribution in [0, 0.1) is 5.92 Å². The lowest BCUT2D eigenvalue weighted by atomic mass is 10.0. The topological polar surface area (TPSA) is 29.9 Å². The molecular weight excluding hydrogens is 258 g/mol. The molecule has 120 valence electrons. The van der Waals surface area contributed by atoms with Gasteiger partial charge in [0.05, 0.1) is 5.69 Å². The largest absolute Gasteiger partial charge is 0.332 e. The van der Waals surface area contributed by atoms with Crippen LogP contribution in [0.15, 0.2) is 0 Å². The molecule has 0 spiro atoms. The summed E-state index contributed by atoms with van der Waals surface area (Å²) in [7, 11) is 0. The lowest BCUT2D eigenvalue weighted by Gasteiger charge is -2.16. The van der Waals surface area contributed by atoms with Gasteiger partial charge in [-0.25, -0.2) is 4.98 Å². The average Bonchev–Trinajstić information content (AvgIpc) is 2.80. The number of unbranched alkanes of at least 4 members (excludes halogenated alkanes) is 3. The van der Waals surface area contributed by atoms with E-state index in [2.05, 4.69) is 30.7 Å². The molecule has 3 nitrogen and oxygen atoms in total. The lowest BCUT2D eigenvalue weighted by molar-refractivity contribution is 0.494. The van der Waals surface area contributed by atoms with Crippen molar-refractivity contribution in [1.82, 2.24) is 14.9 Å². The average molecular weight is 291 g/mol. The number of nitrogens with one attached hydrogen (secondary N) is 1. The number of aryl methyl sites for hydroxylation is 1. The van der Waals surface area contributed by atoms with Crippen molar-refractivity contribution in [2.75, 3.05) is 6.54 Å². The minimum atomic E-state index is 0.856. The first kappa shape index (κ1) is 16.5. The third kappa shape index (κ3) is 4.84. The fraction of sp³-hybridized carbons (Fsp3) is 0.833. The van der Waals surface area contributed by atoms with Gasteiger partial charge >= 0.3 is 0 Å². The zero-order valence-electron chi connectivity index (χ0n) is 14.2. The molecule has 0 radical (unpaired) electrons. The van der Waals surface area contributed by atoms with E-state index in [9.17, 15) is 0 Å². The Morgan fingerprint density at radius 2 is 2.00 bits per heavy atom. The summed E-state index contributed by atoms with van der Waals surface area (Å²) in [5.74, 6) is 2.18. The zero-order chi connectivity index (χ0) is 15.1. The van der Waals surface area contributed by atoms with Gasteiger partial charge in [-0.15, -0.1) is 0 Å². The zero-order valence-corrected chi connectivity index (χ0v) is 14.2. The summed E-state index contributed by atoms with van der Waals surface area (Å²) in [5, 5.41) is 3.44. The summed E-state index contributed by atoms with van der Waals surface area (Å²) >= 11 is 0. The molecule has 1 aliphatic rings. The summed E-state index contributed by atoms with van der Waals surface area (Å²) in [5.41, 5.74) is 2.82. The standard InChI is InChI=1S/C18H33N3/c1-4-9-18-20-16-14-19-12-11-17(16)21(18)13-8-6-5-7-10-15(2)3/h15,19H,4-14H2,1-3H3. The Labute approximate surface area is 130 Å². The van der Waals surface area contributed by atoms with Crippen LogP contribution < -0.4 is 5.32 Å². The van der Waals surface area contributed by atoms with E-state index in [-0.39, 0.29) is 0 Å². The molecule has 1 aliphatic heterocycles. The van der Waals surface area contributed by atoms with Crippen LogP contribution in [0.25, 0.3) is 0 Å². The van der Waals surface area contributed by atoms with Crippen LogP contribution in [0.5, 0.6) is 0 Å². The molecule has 2 heterocycles. The summed E-state index contributed by atoms with van der Waals surface area (Å²) in [6.45, 7) is 10.2. The first-order valence-electron chi connectivity index (χ1n) is 9.00. The number of hydrogen-bond acceptors (Lipinski definition) is 2. The van der Waals surface area contributed by atoms with E-state index >= 15 is 0 Å². The summed E-state index contributed by atoms with van der Waals surface area (Å²) in [4.78, 5) is 4.88. The van der Waals surface area contributed by atoms with Gasteiger partial charge in [0, 0.05) is 38.2 Å². The van der Waals surface area contributed by atoms with Gasteiger partial charge in [-0.1, -0.05) is 46.5 Å². The fourth-order valence-corrected chi connectivity index (χ4v) is 3.28. The van der Waals surface area contributed by atoms with E-state index in [4.69, 9.17) is 4.98 Å². The summed E-state index contributed by atoms with van der Waals surface area (Å²) in [6, 6.07) is 0. The summed E-state index contributed by atoms with van der Waals surface area (Å²) < 4.78 is 2.54. The maximum atomic E-state index is 4.88. The van der Waals surface area contributed by atoms with Gasteiger partial charge in [-0.3, -0.25) is 0 Å². The van der Waals surface area contributed by atoms with Gasteiger partial charge in [0.25, 0.3) is 0 Å². The Hall–Kier alpha value is -0.830. The van der Waals surface area contributed by atoms with Gasteiger partial charge in [0.2, 0.25) is 0 Å². The van der Waals surface area contributed by atoms with E-state index < -0.39 is 0 Å². The van der Waals surface area contributed by atoms with Crippen LogP contribution in [0.3, 0.4) is 0 Å². The smallest absolute Gasteiger partial charge is 0.109 e. The van der Waals surface area contributed by atoms with Gasteiger partial charge in [0.15, 0.2) is 0 Å². The Morgan fingerprint density at radius 3 is 2.76 bits per heavy atom. The second-order valence-electron chi connectivity index (χ2n) is 6.85. The van der Waals surface area contributed by atoms with E-state index in [0.717, 1.165) is 31.8 Å². The molecule has 1 N–H and O–H groups in total. The first-order chi connectivity index (χ1) is 10.2. The molecule has 0 saturated carbocycles. The van der Waals surface area contributed by atoms with Gasteiger partial charge in [-0.2, -0.15) is 0 Å². The molecule has 21 heavy (non-hydrogen) atoms. The molecular formula is C18H33N3. The predicted octanol–water partition coefficient (Wildman–Crippen LogP) is 4.09. The molecule has 1 aromatic heterocycles. The molecule has 1 aromatic rings. The maximum absolute atomic E-state index is 4.88. The fourth-order valence-electron chi connectivity index (χ4n) is 3.28. The van der Waals surface area contributed by atoms with Crippen LogP contribution in [-0.2, 0) is 25.9 Å². The molecule has 0 saturated heterocycles. The van der Waals surface area contributed by atoms with Crippen molar-refractivity contribution in [3.8, 4) is 0 Å². The van der Waals surface area contributed by atoms with Crippen molar-refractivity contribution < 1.29 is 0 Å². The highest BCUT2D eigenvalue weighted by molar-refractivity contribution is 5.20. The number of imidazole rings is 1. The minimum absolute atomic E-state index is 0.856. The van der Waals surface area contributed by atoms with E-state index in [1.54, 1.807) is 0 Å². The number of rotatable bonds is 9. The van der Waals surface area contributed by atoms with Crippen molar-refractivity contribution in [1.29, 1.82) is 0 Å². The third-order valence-corrected chi connectivity index (χ3v) is 4.45. The molecule has 2 rings (SSSR count). The van der Waals surface area contributed by atoms with Gasteiger partial charge in [-0.05, 0) is 18.8 Å². The second-order valence-corrected chi connectivity index (χ2v) is 6.85. The number of hydrogen-bond donors (Lipinski definition) is 1. The molecule has 0 aromatic carbocycles. The lowest BCUT2D eigenvalue weighted by Crippen LogP contribution is -2.25. The Morgan fingerprint density at radius 1 is 1.19 bits per heavy atom. The highest BCUT2D eigenvalue weighted by atomic mass is 15.1. The van der Waals surface area contributed by atoms with Crippen molar-refractivity contribution in [2.24, 2.45) is 5.92 Å². The van der Waals surface area contributed by atoms with Crippen LogP contribution in [0.4, 0.5) is 0 Å². The second kappa shape index (κ2) is 8.57. The Balaban J connectivity index is 1.85. The third-order valence-electron chi connectivity index (χ3n) is 4.45. The highest BCUT2D eigenvalue weighted by Crippen LogP contribution is 2.19. The molecule has 3 heteroatoms. The molecule has 0 amide bonds.